The van der Waals surface area contributed by atoms with Crippen LogP contribution in [0.1, 0.15) is 5.76 Å². The molecule has 2 aromatic rings. The minimum absolute atomic E-state index is 0.115. The van der Waals surface area contributed by atoms with Crippen LogP contribution in [0.25, 0.3) is 11.5 Å². The third-order valence-electron chi connectivity index (χ3n) is 1.69. The summed E-state index contributed by atoms with van der Waals surface area (Å²) in [6.07, 6.45) is 1.31. The van der Waals surface area contributed by atoms with Gasteiger partial charge in [-0.3, -0.25) is 0 Å². The zero-order valence-electron chi connectivity index (χ0n) is 7.07. The van der Waals surface area contributed by atoms with E-state index in [4.69, 9.17) is 9.68 Å². The molecule has 0 spiro atoms. The minimum Gasteiger partial charge on any atom is -0.426 e. The molecule has 0 amide bonds. The van der Waals surface area contributed by atoms with Gasteiger partial charge in [-0.2, -0.15) is 5.26 Å². The van der Waals surface area contributed by atoms with Crippen LogP contribution in [0.5, 0.6) is 0 Å². The molecule has 2 rings (SSSR count). The van der Waals surface area contributed by atoms with Gasteiger partial charge in [0.15, 0.2) is 0 Å². The van der Waals surface area contributed by atoms with E-state index < -0.39 is 0 Å². The number of nitrogens with zero attached hydrogens (tertiary/aromatic N) is 2. The lowest BCUT2D eigenvalue weighted by atomic mass is 10.2. The molecule has 0 fully saturated rings. The van der Waals surface area contributed by atoms with Crippen molar-refractivity contribution in [2.45, 2.75) is 0 Å². The smallest absolute Gasteiger partial charge is 0.227 e. The third kappa shape index (κ3) is 1.48. The van der Waals surface area contributed by atoms with Crippen molar-refractivity contribution in [2.75, 3.05) is 0 Å². The largest absolute Gasteiger partial charge is 0.426 e. The van der Waals surface area contributed by atoms with Gasteiger partial charge in [0.2, 0.25) is 11.7 Å². The highest BCUT2D eigenvalue weighted by molar-refractivity contribution is 5.53. The number of benzene rings is 1. The molecule has 3 nitrogen and oxygen atoms in total. The van der Waals surface area contributed by atoms with Gasteiger partial charge in [0.1, 0.15) is 11.9 Å². The van der Waals surface area contributed by atoms with Crippen molar-refractivity contribution >= 4 is 0 Å². The van der Waals surface area contributed by atoms with E-state index in [1.54, 1.807) is 12.1 Å². The Morgan fingerprint density at radius 1 is 1.43 bits per heavy atom. The predicted molar refractivity (Wildman–Crippen MR) is 46.6 cm³/mol. The summed E-state index contributed by atoms with van der Waals surface area (Å²) in [6.45, 7) is 0. The number of halogens is 1. The molecule has 0 saturated carbocycles. The van der Waals surface area contributed by atoms with Crippen molar-refractivity contribution in [3.8, 4) is 17.5 Å². The first-order valence-corrected chi connectivity index (χ1v) is 3.91. The summed E-state index contributed by atoms with van der Waals surface area (Å²) in [6, 6.07) is 7.66. The average Bonchev–Trinajstić information content (AvgIpc) is 2.66. The topological polar surface area (TPSA) is 49.8 Å². The second-order valence-electron chi connectivity index (χ2n) is 2.65. The number of hydrogen-bond acceptors (Lipinski definition) is 3. The van der Waals surface area contributed by atoms with Crippen LogP contribution in [-0.4, -0.2) is 4.98 Å². The lowest BCUT2D eigenvalue weighted by Gasteiger charge is -1.93. The highest BCUT2D eigenvalue weighted by Gasteiger charge is 2.06. The minimum atomic E-state index is -0.362. The van der Waals surface area contributed by atoms with Gasteiger partial charge in [-0.05, 0) is 18.2 Å². The highest BCUT2D eigenvalue weighted by Crippen LogP contribution is 2.19. The summed E-state index contributed by atoms with van der Waals surface area (Å²) in [4.78, 5) is 3.84. The average molecular weight is 188 g/mol. The molecule has 0 saturated heterocycles. The van der Waals surface area contributed by atoms with Crippen molar-refractivity contribution in [2.24, 2.45) is 0 Å². The molecule has 68 valence electrons. The SMILES string of the molecule is N#Cc1cnc(-c2cccc(F)c2)o1. The van der Waals surface area contributed by atoms with Gasteiger partial charge in [-0.25, -0.2) is 9.37 Å². The first kappa shape index (κ1) is 8.45. The summed E-state index contributed by atoms with van der Waals surface area (Å²) in [5.41, 5.74) is 0.520. The Bertz CT molecular complexity index is 499. The first-order valence-electron chi connectivity index (χ1n) is 3.91. The molecule has 14 heavy (non-hydrogen) atoms. The Balaban J connectivity index is 2.45. The normalized spacial score (nSPS) is 9.71. The summed E-state index contributed by atoms with van der Waals surface area (Å²) < 4.78 is 17.8. The molecular formula is C10H5FN2O. The van der Waals surface area contributed by atoms with Crippen molar-refractivity contribution < 1.29 is 8.81 Å². The summed E-state index contributed by atoms with van der Waals surface area (Å²) in [7, 11) is 0. The Morgan fingerprint density at radius 3 is 2.93 bits per heavy atom. The van der Waals surface area contributed by atoms with Crippen LogP contribution in [0.2, 0.25) is 0 Å². The van der Waals surface area contributed by atoms with Crippen LogP contribution in [0, 0.1) is 17.1 Å². The molecule has 1 aromatic carbocycles. The fourth-order valence-electron chi connectivity index (χ4n) is 1.08. The van der Waals surface area contributed by atoms with Crippen molar-refractivity contribution in [3.63, 3.8) is 0 Å². The van der Waals surface area contributed by atoms with Gasteiger partial charge in [-0.15, -0.1) is 0 Å². The van der Waals surface area contributed by atoms with Gasteiger partial charge < -0.3 is 4.42 Å². The van der Waals surface area contributed by atoms with E-state index in [-0.39, 0.29) is 17.5 Å². The fraction of sp³-hybridized carbons (Fsp3) is 0. The molecule has 1 aromatic heterocycles. The maximum Gasteiger partial charge on any atom is 0.227 e. The van der Waals surface area contributed by atoms with Gasteiger partial charge in [-0.1, -0.05) is 6.07 Å². The standard InChI is InChI=1S/C10H5FN2O/c11-8-3-1-2-7(4-8)10-13-6-9(5-12)14-10/h1-4,6H. The molecule has 0 N–H and O–H groups in total. The number of aromatic nitrogens is 1. The lowest BCUT2D eigenvalue weighted by Crippen LogP contribution is -1.78. The zero-order valence-corrected chi connectivity index (χ0v) is 7.07. The van der Waals surface area contributed by atoms with Gasteiger partial charge >= 0.3 is 0 Å². The highest BCUT2D eigenvalue weighted by atomic mass is 19.1. The second kappa shape index (κ2) is 3.30. The van der Waals surface area contributed by atoms with Crippen LogP contribution in [0.4, 0.5) is 4.39 Å². The molecule has 0 atom stereocenters. The summed E-state index contributed by atoms with van der Waals surface area (Å²) >= 11 is 0. The zero-order chi connectivity index (χ0) is 9.97. The van der Waals surface area contributed by atoms with E-state index in [2.05, 4.69) is 4.98 Å². The van der Waals surface area contributed by atoms with Crippen LogP contribution in [-0.2, 0) is 0 Å². The van der Waals surface area contributed by atoms with E-state index in [0.29, 0.717) is 5.56 Å². The lowest BCUT2D eigenvalue weighted by molar-refractivity contribution is 0.559. The first-order chi connectivity index (χ1) is 6.79. The van der Waals surface area contributed by atoms with E-state index in [0.717, 1.165) is 0 Å². The maximum absolute atomic E-state index is 12.8. The van der Waals surface area contributed by atoms with E-state index in [9.17, 15) is 4.39 Å². The van der Waals surface area contributed by atoms with Crippen molar-refractivity contribution in [1.82, 2.24) is 4.98 Å². The molecule has 0 radical (unpaired) electrons. The summed E-state index contributed by atoms with van der Waals surface area (Å²) in [5, 5.41) is 8.49. The molecule has 1 heterocycles. The monoisotopic (exact) mass is 188 g/mol. The predicted octanol–water partition coefficient (Wildman–Crippen LogP) is 2.35. The van der Waals surface area contributed by atoms with Gasteiger partial charge in [0, 0.05) is 5.56 Å². The van der Waals surface area contributed by atoms with Gasteiger partial charge in [0.25, 0.3) is 0 Å². The maximum atomic E-state index is 12.8. The Morgan fingerprint density at radius 2 is 2.29 bits per heavy atom. The second-order valence-corrected chi connectivity index (χ2v) is 2.65. The Hall–Kier alpha value is -2.15. The quantitative estimate of drug-likeness (QED) is 0.690. The van der Waals surface area contributed by atoms with E-state index in [1.807, 2.05) is 6.07 Å². The third-order valence-corrected chi connectivity index (χ3v) is 1.69. The van der Waals surface area contributed by atoms with E-state index in [1.165, 1.54) is 18.3 Å². The number of nitriles is 1. The molecule has 0 aliphatic rings. The van der Waals surface area contributed by atoms with Crippen molar-refractivity contribution in [3.05, 3.63) is 42.0 Å². The van der Waals surface area contributed by atoms with Crippen LogP contribution < -0.4 is 0 Å². The molecule has 0 unspecified atom stereocenters. The Kier molecular flexibility index (Phi) is 1.99. The molecule has 0 bridgehead atoms. The van der Waals surface area contributed by atoms with Crippen LogP contribution >= 0.6 is 0 Å². The number of rotatable bonds is 1. The molecule has 4 heteroatoms. The fourth-order valence-corrected chi connectivity index (χ4v) is 1.08. The van der Waals surface area contributed by atoms with Gasteiger partial charge in [0.05, 0.1) is 6.20 Å². The Labute approximate surface area is 79.4 Å². The molecule has 0 aliphatic heterocycles. The van der Waals surface area contributed by atoms with Crippen LogP contribution in [0.15, 0.2) is 34.9 Å². The van der Waals surface area contributed by atoms with E-state index >= 15 is 0 Å². The number of oxazole rings is 1. The number of hydrogen-bond donors (Lipinski definition) is 0. The molecular weight excluding hydrogens is 183 g/mol. The summed E-state index contributed by atoms with van der Waals surface area (Å²) in [5.74, 6) is 0.00418. The van der Waals surface area contributed by atoms with Crippen molar-refractivity contribution in [1.29, 1.82) is 5.26 Å². The molecule has 0 aliphatic carbocycles. The van der Waals surface area contributed by atoms with Crippen LogP contribution in [0.3, 0.4) is 0 Å².